The van der Waals surface area contributed by atoms with E-state index < -0.39 is 0 Å². The van der Waals surface area contributed by atoms with Gasteiger partial charge in [0.2, 0.25) is 0 Å². The molecule has 3 heteroatoms. The highest BCUT2D eigenvalue weighted by Crippen LogP contribution is 2.34. The molecule has 19 heavy (non-hydrogen) atoms. The van der Waals surface area contributed by atoms with E-state index in [-0.39, 0.29) is 6.04 Å². The minimum absolute atomic E-state index is 0.269. The van der Waals surface area contributed by atoms with Crippen molar-refractivity contribution in [1.29, 1.82) is 0 Å². The summed E-state index contributed by atoms with van der Waals surface area (Å²) in [5.41, 5.74) is 2.49. The van der Waals surface area contributed by atoms with Crippen LogP contribution in [0, 0.1) is 5.92 Å². The summed E-state index contributed by atoms with van der Waals surface area (Å²) in [6.07, 6.45) is 1.20. The van der Waals surface area contributed by atoms with Gasteiger partial charge in [0.15, 0.2) is 0 Å². The quantitative estimate of drug-likeness (QED) is 0.816. The highest BCUT2D eigenvalue weighted by molar-refractivity contribution is 5.60. The molecule has 0 saturated carbocycles. The van der Waals surface area contributed by atoms with Crippen LogP contribution in [0.25, 0.3) is 0 Å². The molecule has 2 unspecified atom stereocenters. The normalized spacial score (nSPS) is 14.0. The standard InChI is InChI=1S/C16H28N2O/c1-7-12(2)11-18(5)14-9-8-10-15(19-6)16(14)13(3)17-4/h8-10,12-13,17H,7,11H2,1-6H3. The van der Waals surface area contributed by atoms with Crippen molar-refractivity contribution >= 4 is 5.69 Å². The average Bonchev–Trinajstić information content (AvgIpc) is 2.45. The van der Waals surface area contributed by atoms with Gasteiger partial charge in [0.1, 0.15) is 5.75 Å². The minimum atomic E-state index is 0.269. The van der Waals surface area contributed by atoms with E-state index in [1.54, 1.807) is 7.11 Å². The van der Waals surface area contributed by atoms with Crippen molar-refractivity contribution in [3.63, 3.8) is 0 Å². The molecule has 0 aliphatic rings. The second-order valence-electron chi connectivity index (χ2n) is 5.30. The number of methoxy groups -OCH3 is 1. The SMILES string of the molecule is CCC(C)CN(C)c1cccc(OC)c1C(C)NC. The van der Waals surface area contributed by atoms with Crippen LogP contribution in [0.4, 0.5) is 5.69 Å². The maximum atomic E-state index is 5.52. The van der Waals surface area contributed by atoms with Crippen LogP contribution >= 0.6 is 0 Å². The van der Waals surface area contributed by atoms with Crippen molar-refractivity contribution in [2.24, 2.45) is 5.92 Å². The molecule has 0 spiro atoms. The Labute approximate surface area is 118 Å². The lowest BCUT2D eigenvalue weighted by Gasteiger charge is -2.28. The van der Waals surface area contributed by atoms with E-state index in [4.69, 9.17) is 4.74 Å². The maximum Gasteiger partial charge on any atom is 0.125 e. The number of rotatable bonds is 7. The lowest BCUT2D eigenvalue weighted by Crippen LogP contribution is -2.26. The smallest absolute Gasteiger partial charge is 0.125 e. The van der Waals surface area contributed by atoms with Gasteiger partial charge >= 0.3 is 0 Å². The predicted molar refractivity (Wildman–Crippen MR) is 83.2 cm³/mol. The van der Waals surface area contributed by atoms with E-state index >= 15 is 0 Å². The molecule has 108 valence electrons. The van der Waals surface area contributed by atoms with Crippen LogP contribution in [0.15, 0.2) is 18.2 Å². The van der Waals surface area contributed by atoms with Gasteiger partial charge < -0.3 is 15.0 Å². The van der Waals surface area contributed by atoms with Crippen LogP contribution in [0.3, 0.4) is 0 Å². The first-order chi connectivity index (χ1) is 9.04. The summed E-state index contributed by atoms with van der Waals surface area (Å²) >= 11 is 0. The maximum absolute atomic E-state index is 5.52. The third kappa shape index (κ3) is 3.87. The van der Waals surface area contributed by atoms with Crippen molar-refractivity contribution in [2.75, 3.05) is 32.6 Å². The van der Waals surface area contributed by atoms with E-state index in [2.05, 4.69) is 50.2 Å². The molecule has 0 fully saturated rings. The van der Waals surface area contributed by atoms with Gasteiger partial charge in [-0.15, -0.1) is 0 Å². The van der Waals surface area contributed by atoms with Gasteiger partial charge in [0.25, 0.3) is 0 Å². The van der Waals surface area contributed by atoms with Crippen LogP contribution < -0.4 is 15.0 Å². The zero-order valence-corrected chi connectivity index (χ0v) is 13.2. The highest BCUT2D eigenvalue weighted by Gasteiger charge is 2.18. The molecular formula is C16H28N2O. The fraction of sp³-hybridized carbons (Fsp3) is 0.625. The number of nitrogens with one attached hydrogen (secondary N) is 1. The fourth-order valence-electron chi connectivity index (χ4n) is 2.32. The van der Waals surface area contributed by atoms with Gasteiger partial charge in [-0.2, -0.15) is 0 Å². The average molecular weight is 264 g/mol. The molecule has 2 atom stereocenters. The fourth-order valence-corrected chi connectivity index (χ4v) is 2.32. The van der Waals surface area contributed by atoms with Crippen LogP contribution in [-0.4, -0.2) is 27.7 Å². The van der Waals surface area contributed by atoms with Gasteiger partial charge in [-0.05, 0) is 32.0 Å². The molecule has 0 saturated heterocycles. The van der Waals surface area contributed by atoms with E-state index in [0.717, 1.165) is 12.3 Å². The summed E-state index contributed by atoms with van der Waals surface area (Å²) in [4.78, 5) is 2.33. The Morgan fingerprint density at radius 2 is 2.00 bits per heavy atom. The molecule has 0 aliphatic heterocycles. The molecule has 1 aromatic rings. The van der Waals surface area contributed by atoms with Crippen LogP contribution in [-0.2, 0) is 0 Å². The summed E-state index contributed by atoms with van der Waals surface area (Å²) in [5.74, 6) is 1.64. The summed E-state index contributed by atoms with van der Waals surface area (Å²) in [6.45, 7) is 7.75. The van der Waals surface area contributed by atoms with E-state index in [9.17, 15) is 0 Å². The Bertz CT molecular complexity index is 392. The highest BCUT2D eigenvalue weighted by atomic mass is 16.5. The lowest BCUT2D eigenvalue weighted by molar-refractivity contribution is 0.403. The largest absolute Gasteiger partial charge is 0.496 e. The molecule has 0 bridgehead atoms. The van der Waals surface area contributed by atoms with Gasteiger partial charge in [-0.1, -0.05) is 26.3 Å². The van der Waals surface area contributed by atoms with Crippen molar-refractivity contribution in [3.8, 4) is 5.75 Å². The zero-order chi connectivity index (χ0) is 14.4. The lowest BCUT2D eigenvalue weighted by atomic mass is 10.0. The van der Waals surface area contributed by atoms with Gasteiger partial charge in [-0.3, -0.25) is 0 Å². The number of ether oxygens (including phenoxy) is 1. The Morgan fingerprint density at radius 1 is 1.32 bits per heavy atom. The second-order valence-corrected chi connectivity index (χ2v) is 5.30. The molecule has 1 rings (SSSR count). The van der Waals surface area contributed by atoms with Gasteiger partial charge in [-0.25, -0.2) is 0 Å². The number of hydrogen-bond donors (Lipinski definition) is 1. The Hall–Kier alpha value is -1.22. The van der Waals surface area contributed by atoms with E-state index in [1.165, 1.54) is 17.7 Å². The monoisotopic (exact) mass is 264 g/mol. The predicted octanol–water partition coefficient (Wildman–Crippen LogP) is 3.46. The first-order valence-electron chi connectivity index (χ1n) is 7.10. The van der Waals surface area contributed by atoms with Crippen molar-refractivity contribution in [1.82, 2.24) is 5.32 Å². The summed E-state index contributed by atoms with van der Waals surface area (Å²) < 4.78 is 5.52. The third-order valence-corrected chi connectivity index (χ3v) is 3.82. The van der Waals surface area contributed by atoms with Gasteiger partial charge in [0.05, 0.1) is 7.11 Å². The van der Waals surface area contributed by atoms with E-state index in [0.29, 0.717) is 5.92 Å². The first kappa shape index (κ1) is 15.8. The number of hydrogen-bond acceptors (Lipinski definition) is 3. The third-order valence-electron chi connectivity index (χ3n) is 3.82. The Morgan fingerprint density at radius 3 is 2.53 bits per heavy atom. The molecule has 3 nitrogen and oxygen atoms in total. The molecule has 0 aromatic heterocycles. The Balaban J connectivity index is 3.11. The molecule has 0 aliphatic carbocycles. The van der Waals surface area contributed by atoms with Crippen LogP contribution in [0.1, 0.15) is 38.8 Å². The number of nitrogens with zero attached hydrogens (tertiary/aromatic N) is 1. The van der Waals surface area contributed by atoms with Crippen LogP contribution in [0.2, 0.25) is 0 Å². The summed E-state index contributed by atoms with van der Waals surface area (Å²) in [7, 11) is 5.88. The molecule has 0 heterocycles. The number of benzene rings is 1. The van der Waals surface area contributed by atoms with Crippen LogP contribution in [0.5, 0.6) is 5.75 Å². The van der Waals surface area contributed by atoms with Crippen molar-refractivity contribution < 1.29 is 4.74 Å². The van der Waals surface area contributed by atoms with Gasteiger partial charge in [0, 0.05) is 30.9 Å². The first-order valence-corrected chi connectivity index (χ1v) is 7.10. The molecule has 0 radical (unpaired) electrons. The van der Waals surface area contributed by atoms with Crippen molar-refractivity contribution in [3.05, 3.63) is 23.8 Å². The Kier molecular flexibility index (Phi) is 6.16. The molecule has 0 amide bonds. The molecule has 1 N–H and O–H groups in total. The topological polar surface area (TPSA) is 24.5 Å². The minimum Gasteiger partial charge on any atom is -0.496 e. The zero-order valence-electron chi connectivity index (χ0n) is 13.2. The molecular weight excluding hydrogens is 236 g/mol. The summed E-state index contributed by atoms with van der Waals surface area (Å²) in [5, 5.41) is 3.31. The number of anilines is 1. The molecule has 1 aromatic carbocycles. The summed E-state index contributed by atoms with van der Waals surface area (Å²) in [6, 6.07) is 6.54. The second kappa shape index (κ2) is 7.39. The van der Waals surface area contributed by atoms with Crippen molar-refractivity contribution in [2.45, 2.75) is 33.2 Å². The van der Waals surface area contributed by atoms with E-state index in [1.807, 2.05) is 13.1 Å².